The first-order chi connectivity index (χ1) is 10.1. The van der Waals surface area contributed by atoms with Crippen molar-refractivity contribution in [2.24, 2.45) is 0 Å². The molecular formula is C14H22N2O3S2. The molecule has 0 bridgehead atoms. The van der Waals surface area contributed by atoms with Crippen molar-refractivity contribution in [2.45, 2.75) is 49.3 Å². The summed E-state index contributed by atoms with van der Waals surface area (Å²) in [5.74, 6) is -0.163. The largest absolute Gasteiger partial charge is 0.355 e. The van der Waals surface area contributed by atoms with Crippen LogP contribution in [0.4, 0.5) is 0 Å². The molecule has 5 nitrogen and oxygen atoms in total. The number of sulfonamides is 1. The number of hydrogen-bond acceptors (Lipinski definition) is 4. The molecule has 21 heavy (non-hydrogen) atoms. The van der Waals surface area contributed by atoms with Crippen LogP contribution in [-0.2, 0) is 14.8 Å². The lowest BCUT2D eigenvalue weighted by Crippen LogP contribution is -2.45. The number of carbonyl (C=O) groups is 1. The Kier molecular flexibility index (Phi) is 5.78. The van der Waals surface area contributed by atoms with Gasteiger partial charge in [-0.3, -0.25) is 4.79 Å². The molecule has 1 amide bonds. The van der Waals surface area contributed by atoms with Crippen LogP contribution >= 0.6 is 11.3 Å². The second kappa shape index (κ2) is 7.38. The van der Waals surface area contributed by atoms with Gasteiger partial charge in [-0.15, -0.1) is 11.3 Å². The Balaban J connectivity index is 2.02. The fourth-order valence-corrected chi connectivity index (χ4v) is 5.30. The fraction of sp³-hybridized carbons (Fsp3) is 0.643. The van der Waals surface area contributed by atoms with Crippen LogP contribution in [0.1, 0.15) is 39.0 Å². The highest BCUT2D eigenvalue weighted by molar-refractivity contribution is 7.91. The van der Waals surface area contributed by atoms with Crippen LogP contribution in [0, 0.1) is 0 Å². The summed E-state index contributed by atoms with van der Waals surface area (Å²) in [6.45, 7) is 3.15. The summed E-state index contributed by atoms with van der Waals surface area (Å²) in [6, 6.07) is 2.75. The summed E-state index contributed by atoms with van der Waals surface area (Å²) >= 11 is 1.19. The number of nitrogens with one attached hydrogen (secondary N) is 1. The molecule has 0 spiro atoms. The second-order valence-corrected chi connectivity index (χ2v) is 8.27. The van der Waals surface area contributed by atoms with Gasteiger partial charge in [-0.2, -0.15) is 4.31 Å². The minimum atomic E-state index is -3.53. The zero-order valence-electron chi connectivity index (χ0n) is 12.2. The van der Waals surface area contributed by atoms with E-state index in [0.717, 1.165) is 25.7 Å². The molecule has 7 heteroatoms. The highest BCUT2D eigenvalue weighted by Gasteiger charge is 2.39. The van der Waals surface area contributed by atoms with E-state index in [2.05, 4.69) is 12.2 Å². The van der Waals surface area contributed by atoms with Crippen molar-refractivity contribution in [1.82, 2.24) is 9.62 Å². The molecule has 1 aliphatic heterocycles. The van der Waals surface area contributed by atoms with Crippen LogP contribution < -0.4 is 5.32 Å². The van der Waals surface area contributed by atoms with Gasteiger partial charge in [0.2, 0.25) is 5.91 Å². The minimum absolute atomic E-state index is 0.163. The lowest BCUT2D eigenvalue weighted by atomic mass is 10.2. The third-order valence-electron chi connectivity index (χ3n) is 3.64. The van der Waals surface area contributed by atoms with E-state index >= 15 is 0 Å². The number of thiophene rings is 1. The number of rotatable bonds is 7. The predicted octanol–water partition coefficient (Wildman–Crippen LogP) is 2.21. The fourth-order valence-electron chi connectivity index (χ4n) is 2.52. The smallest absolute Gasteiger partial charge is 0.253 e. The van der Waals surface area contributed by atoms with Crippen molar-refractivity contribution < 1.29 is 13.2 Å². The standard InChI is InChI=1S/C14H22N2O3S2/c1-2-3-4-9-15-14(17)12-7-5-10-16(12)21(18,19)13-8-6-11-20-13/h6,8,11-12H,2-5,7,9-10H2,1H3,(H,15,17). The first-order valence-electron chi connectivity index (χ1n) is 7.40. The summed E-state index contributed by atoms with van der Waals surface area (Å²) in [5, 5.41) is 4.60. The number of amides is 1. The number of carbonyl (C=O) groups excluding carboxylic acids is 1. The maximum absolute atomic E-state index is 12.5. The topological polar surface area (TPSA) is 66.5 Å². The van der Waals surface area contributed by atoms with Gasteiger partial charge in [0.05, 0.1) is 0 Å². The van der Waals surface area contributed by atoms with Gasteiger partial charge in [-0.05, 0) is 30.7 Å². The van der Waals surface area contributed by atoms with Crippen molar-refractivity contribution in [3.8, 4) is 0 Å². The van der Waals surface area contributed by atoms with E-state index in [1.165, 1.54) is 15.6 Å². The molecule has 1 unspecified atom stereocenters. The summed E-state index contributed by atoms with van der Waals surface area (Å²) < 4.78 is 26.8. The quantitative estimate of drug-likeness (QED) is 0.780. The van der Waals surface area contributed by atoms with E-state index in [9.17, 15) is 13.2 Å². The Bertz CT molecular complexity index is 555. The van der Waals surface area contributed by atoms with Crippen molar-refractivity contribution in [3.05, 3.63) is 17.5 Å². The molecule has 0 aliphatic carbocycles. The summed E-state index contributed by atoms with van der Waals surface area (Å²) in [4.78, 5) is 12.2. The molecule has 0 radical (unpaired) electrons. The third kappa shape index (κ3) is 3.84. The van der Waals surface area contributed by atoms with Gasteiger partial charge in [0.25, 0.3) is 10.0 Å². The molecule has 0 saturated carbocycles. The van der Waals surface area contributed by atoms with Gasteiger partial charge in [0, 0.05) is 13.1 Å². The van der Waals surface area contributed by atoms with Crippen LogP contribution in [-0.4, -0.2) is 37.8 Å². The van der Waals surface area contributed by atoms with Gasteiger partial charge in [-0.25, -0.2) is 8.42 Å². The third-order valence-corrected chi connectivity index (χ3v) is 6.93. The summed E-state index contributed by atoms with van der Waals surface area (Å²) in [7, 11) is -3.53. The Hall–Kier alpha value is -0.920. The van der Waals surface area contributed by atoms with E-state index in [-0.39, 0.29) is 5.91 Å². The van der Waals surface area contributed by atoms with Gasteiger partial charge in [0.1, 0.15) is 10.3 Å². The average Bonchev–Trinajstić information content (AvgIpc) is 3.13. The van der Waals surface area contributed by atoms with Crippen LogP contribution in [0.25, 0.3) is 0 Å². The molecule has 2 heterocycles. The van der Waals surface area contributed by atoms with Crippen LogP contribution in [0.15, 0.2) is 21.7 Å². The SMILES string of the molecule is CCCCCNC(=O)C1CCCN1S(=O)(=O)c1cccs1. The minimum Gasteiger partial charge on any atom is -0.355 e. The molecular weight excluding hydrogens is 308 g/mol. The second-order valence-electron chi connectivity index (χ2n) is 5.20. The lowest BCUT2D eigenvalue weighted by Gasteiger charge is -2.22. The molecule has 1 aliphatic rings. The molecule has 1 aromatic heterocycles. The average molecular weight is 330 g/mol. The Morgan fingerprint density at radius 2 is 2.29 bits per heavy atom. The Labute approximate surface area is 130 Å². The maximum atomic E-state index is 12.5. The number of nitrogens with zero attached hydrogens (tertiary/aromatic N) is 1. The van der Waals surface area contributed by atoms with Gasteiger partial charge in [0.15, 0.2) is 0 Å². The molecule has 1 N–H and O–H groups in total. The molecule has 0 aromatic carbocycles. The lowest BCUT2D eigenvalue weighted by molar-refractivity contribution is -0.124. The van der Waals surface area contributed by atoms with E-state index in [1.54, 1.807) is 17.5 Å². The Morgan fingerprint density at radius 1 is 1.48 bits per heavy atom. The highest BCUT2D eigenvalue weighted by Crippen LogP contribution is 2.28. The van der Waals surface area contributed by atoms with Crippen molar-refractivity contribution in [3.63, 3.8) is 0 Å². The first-order valence-corrected chi connectivity index (χ1v) is 9.72. The molecule has 118 valence electrons. The monoisotopic (exact) mass is 330 g/mol. The normalized spacial score (nSPS) is 19.8. The van der Waals surface area contributed by atoms with E-state index in [0.29, 0.717) is 23.7 Å². The van der Waals surface area contributed by atoms with Crippen LogP contribution in [0.2, 0.25) is 0 Å². The zero-order valence-corrected chi connectivity index (χ0v) is 13.9. The van der Waals surface area contributed by atoms with Crippen molar-refractivity contribution in [1.29, 1.82) is 0 Å². The molecule has 1 fully saturated rings. The molecule has 1 aromatic rings. The number of hydrogen-bond donors (Lipinski definition) is 1. The predicted molar refractivity (Wildman–Crippen MR) is 83.8 cm³/mol. The summed E-state index contributed by atoms with van der Waals surface area (Å²) in [5.41, 5.74) is 0. The van der Waals surface area contributed by atoms with Crippen molar-refractivity contribution in [2.75, 3.05) is 13.1 Å². The van der Waals surface area contributed by atoms with Gasteiger partial charge >= 0.3 is 0 Å². The molecule has 1 atom stereocenters. The van der Waals surface area contributed by atoms with Crippen LogP contribution in [0.5, 0.6) is 0 Å². The maximum Gasteiger partial charge on any atom is 0.253 e. The Morgan fingerprint density at radius 3 is 2.95 bits per heavy atom. The van der Waals surface area contributed by atoms with E-state index in [4.69, 9.17) is 0 Å². The molecule has 2 rings (SSSR count). The van der Waals surface area contributed by atoms with Gasteiger partial charge in [-0.1, -0.05) is 25.8 Å². The van der Waals surface area contributed by atoms with Gasteiger partial charge < -0.3 is 5.32 Å². The first kappa shape index (κ1) is 16.5. The molecule has 1 saturated heterocycles. The zero-order chi connectivity index (χ0) is 15.3. The van der Waals surface area contributed by atoms with Crippen LogP contribution in [0.3, 0.4) is 0 Å². The number of unbranched alkanes of at least 4 members (excludes halogenated alkanes) is 2. The summed E-state index contributed by atoms with van der Waals surface area (Å²) in [6.07, 6.45) is 4.44. The van der Waals surface area contributed by atoms with E-state index < -0.39 is 16.1 Å². The highest BCUT2D eigenvalue weighted by atomic mass is 32.2. The van der Waals surface area contributed by atoms with Crippen molar-refractivity contribution >= 4 is 27.3 Å². The van der Waals surface area contributed by atoms with E-state index in [1.807, 2.05) is 0 Å².